The molecule has 20 heavy (non-hydrogen) atoms. The van der Waals surface area contributed by atoms with Crippen molar-refractivity contribution in [2.24, 2.45) is 5.92 Å². The van der Waals surface area contributed by atoms with Gasteiger partial charge < -0.3 is 9.53 Å². The van der Waals surface area contributed by atoms with Gasteiger partial charge in [0.15, 0.2) is 17.5 Å². The first-order valence-corrected chi connectivity index (χ1v) is 6.37. The molecule has 0 saturated carbocycles. The first-order chi connectivity index (χ1) is 9.56. The molecule has 1 saturated heterocycles. The van der Waals surface area contributed by atoms with Gasteiger partial charge in [-0.25, -0.2) is 13.2 Å². The molecule has 1 aliphatic heterocycles. The third-order valence-corrected chi connectivity index (χ3v) is 3.66. The van der Waals surface area contributed by atoms with Crippen LogP contribution in [0.1, 0.15) is 11.5 Å². The second-order valence-electron chi connectivity index (χ2n) is 4.96. The van der Waals surface area contributed by atoms with E-state index in [1.807, 2.05) is 4.90 Å². The number of nitrogens with zero attached hydrogens (tertiary/aromatic N) is 1. The van der Waals surface area contributed by atoms with Gasteiger partial charge in [0.25, 0.3) is 0 Å². The number of hydrogen-bond acceptors (Lipinski definition) is 3. The molecule has 1 fully saturated rings. The van der Waals surface area contributed by atoms with Gasteiger partial charge >= 0.3 is 0 Å². The second-order valence-corrected chi connectivity index (χ2v) is 4.96. The Bertz CT molecular complexity index is 472. The van der Waals surface area contributed by atoms with Crippen LogP contribution in [-0.4, -0.2) is 44.5 Å². The lowest BCUT2D eigenvalue weighted by atomic mass is 9.90. The number of halogens is 3. The van der Waals surface area contributed by atoms with Crippen molar-refractivity contribution < 1.29 is 22.7 Å². The number of carbonyl (C=O) groups excluding carboxylic acids is 1. The van der Waals surface area contributed by atoms with Gasteiger partial charge in [-0.3, -0.25) is 4.90 Å². The topological polar surface area (TPSA) is 29.5 Å². The molecule has 2 unspecified atom stereocenters. The molecule has 0 bridgehead atoms. The predicted molar refractivity (Wildman–Crippen MR) is 66.9 cm³/mol. The van der Waals surface area contributed by atoms with Gasteiger partial charge in [-0.05, 0) is 17.7 Å². The zero-order chi connectivity index (χ0) is 14.7. The minimum absolute atomic E-state index is 0.318. The molecular weight excluding hydrogens is 271 g/mol. The van der Waals surface area contributed by atoms with Crippen molar-refractivity contribution in [3.63, 3.8) is 0 Å². The van der Waals surface area contributed by atoms with Crippen molar-refractivity contribution in [1.29, 1.82) is 0 Å². The Morgan fingerprint density at radius 1 is 1.30 bits per heavy atom. The van der Waals surface area contributed by atoms with Crippen LogP contribution in [-0.2, 0) is 9.53 Å². The van der Waals surface area contributed by atoms with Crippen LogP contribution in [0.3, 0.4) is 0 Å². The first-order valence-electron chi connectivity index (χ1n) is 6.37. The Labute approximate surface area is 115 Å². The molecule has 0 N–H and O–H groups in total. The Morgan fingerprint density at radius 3 is 2.50 bits per heavy atom. The summed E-state index contributed by atoms with van der Waals surface area (Å²) in [5, 5.41) is 0. The molecule has 1 heterocycles. The molecule has 0 amide bonds. The summed E-state index contributed by atoms with van der Waals surface area (Å²) in [6.07, 6.45) is 0.788. The van der Waals surface area contributed by atoms with E-state index in [9.17, 15) is 18.0 Å². The molecule has 0 spiro atoms. The van der Waals surface area contributed by atoms with Gasteiger partial charge in [0.2, 0.25) is 0 Å². The maximum Gasteiger partial charge on any atom is 0.194 e. The van der Waals surface area contributed by atoms with Crippen LogP contribution in [0.25, 0.3) is 0 Å². The fourth-order valence-corrected chi connectivity index (χ4v) is 2.60. The Hall–Kier alpha value is -1.40. The number of benzene rings is 1. The van der Waals surface area contributed by atoms with Crippen molar-refractivity contribution in [1.82, 2.24) is 4.90 Å². The van der Waals surface area contributed by atoms with Crippen molar-refractivity contribution in [3.05, 3.63) is 35.1 Å². The van der Waals surface area contributed by atoms with Crippen LogP contribution in [0.2, 0.25) is 0 Å². The lowest BCUT2D eigenvalue weighted by molar-refractivity contribution is -0.111. The molecule has 2 atom stereocenters. The van der Waals surface area contributed by atoms with Crippen molar-refractivity contribution in [2.45, 2.75) is 5.92 Å². The van der Waals surface area contributed by atoms with Crippen molar-refractivity contribution in [2.75, 3.05) is 33.4 Å². The van der Waals surface area contributed by atoms with Gasteiger partial charge in [0.05, 0.1) is 6.61 Å². The van der Waals surface area contributed by atoms with Crippen LogP contribution in [0.15, 0.2) is 12.1 Å². The summed E-state index contributed by atoms with van der Waals surface area (Å²) in [4.78, 5) is 13.1. The molecule has 1 aliphatic rings. The number of methoxy groups -OCH3 is 1. The third kappa shape index (κ3) is 3.02. The van der Waals surface area contributed by atoms with Crippen LogP contribution in [0.4, 0.5) is 13.2 Å². The van der Waals surface area contributed by atoms with E-state index in [1.165, 1.54) is 0 Å². The summed E-state index contributed by atoms with van der Waals surface area (Å²) >= 11 is 0. The highest BCUT2D eigenvalue weighted by Crippen LogP contribution is 2.32. The molecule has 1 aromatic rings. The molecule has 2 rings (SSSR count). The average Bonchev–Trinajstić information content (AvgIpc) is 2.85. The number of likely N-dealkylation sites (tertiary alicyclic amines) is 1. The van der Waals surface area contributed by atoms with E-state index < -0.39 is 17.5 Å². The minimum atomic E-state index is -1.48. The zero-order valence-corrected chi connectivity index (χ0v) is 11.1. The molecular formula is C14H16F3NO2. The lowest BCUT2D eigenvalue weighted by Gasteiger charge is -2.16. The van der Waals surface area contributed by atoms with Gasteiger partial charge in [-0.1, -0.05) is 0 Å². The molecule has 110 valence electrons. The summed E-state index contributed by atoms with van der Waals surface area (Å²) in [6, 6.07) is 1.94. The van der Waals surface area contributed by atoms with Gasteiger partial charge in [-0.2, -0.15) is 0 Å². The fourth-order valence-electron chi connectivity index (χ4n) is 2.60. The number of hydrogen-bond donors (Lipinski definition) is 0. The second kappa shape index (κ2) is 6.37. The van der Waals surface area contributed by atoms with E-state index in [0.717, 1.165) is 18.4 Å². The predicted octanol–water partition coefficient (Wildman–Crippen LogP) is 1.96. The molecule has 0 radical (unpaired) electrons. The molecule has 0 aromatic heterocycles. The monoisotopic (exact) mass is 287 g/mol. The molecule has 3 nitrogen and oxygen atoms in total. The number of carbonyl (C=O) groups is 1. The van der Waals surface area contributed by atoms with E-state index in [4.69, 9.17) is 4.74 Å². The van der Waals surface area contributed by atoms with Gasteiger partial charge in [0, 0.05) is 38.6 Å². The maximum absolute atomic E-state index is 13.3. The van der Waals surface area contributed by atoms with Crippen LogP contribution < -0.4 is 0 Å². The summed E-state index contributed by atoms with van der Waals surface area (Å²) in [7, 11) is 1.58. The Kier molecular flexibility index (Phi) is 4.77. The standard InChI is InChI=1S/C14H16F3NO2/c1-20-3-2-18-6-10(8-19)11(7-18)9-4-12(15)14(17)13(16)5-9/h4-5,8,10-11H,2-3,6-7H2,1H3. The molecule has 0 aliphatic carbocycles. The normalized spacial score (nSPS) is 23.2. The number of rotatable bonds is 5. The summed E-state index contributed by atoms with van der Waals surface area (Å²) in [5.74, 6) is -4.60. The highest BCUT2D eigenvalue weighted by Gasteiger charge is 2.34. The van der Waals surface area contributed by atoms with Crippen LogP contribution in [0, 0.1) is 23.4 Å². The van der Waals surface area contributed by atoms with E-state index in [0.29, 0.717) is 31.8 Å². The summed E-state index contributed by atoms with van der Waals surface area (Å²) in [6.45, 7) is 2.17. The number of aldehydes is 1. The Morgan fingerprint density at radius 2 is 1.95 bits per heavy atom. The molecule has 1 aromatic carbocycles. The average molecular weight is 287 g/mol. The van der Waals surface area contributed by atoms with E-state index >= 15 is 0 Å². The van der Waals surface area contributed by atoms with Crippen LogP contribution >= 0.6 is 0 Å². The van der Waals surface area contributed by atoms with Crippen molar-refractivity contribution in [3.8, 4) is 0 Å². The van der Waals surface area contributed by atoms with Gasteiger partial charge in [-0.15, -0.1) is 0 Å². The van der Waals surface area contributed by atoms with Crippen LogP contribution in [0.5, 0.6) is 0 Å². The number of ether oxygens (including phenoxy) is 1. The summed E-state index contributed by atoms with van der Waals surface area (Å²) < 4.78 is 44.5. The summed E-state index contributed by atoms with van der Waals surface area (Å²) in [5.41, 5.74) is 0.318. The molecule has 6 heteroatoms. The van der Waals surface area contributed by atoms with Gasteiger partial charge in [0.1, 0.15) is 6.29 Å². The first kappa shape index (κ1) is 15.0. The minimum Gasteiger partial charge on any atom is -0.383 e. The Balaban J connectivity index is 2.20. The van der Waals surface area contributed by atoms with E-state index in [1.54, 1.807) is 7.11 Å². The quantitative estimate of drug-likeness (QED) is 0.612. The third-order valence-electron chi connectivity index (χ3n) is 3.66. The lowest BCUT2D eigenvalue weighted by Crippen LogP contribution is -2.25. The smallest absolute Gasteiger partial charge is 0.194 e. The zero-order valence-electron chi connectivity index (χ0n) is 11.1. The largest absolute Gasteiger partial charge is 0.383 e. The SMILES string of the molecule is COCCN1CC(C=O)C(c2cc(F)c(F)c(F)c2)C1. The highest BCUT2D eigenvalue weighted by atomic mass is 19.2. The maximum atomic E-state index is 13.3. The van der Waals surface area contributed by atoms with Crippen molar-refractivity contribution >= 4 is 6.29 Å². The van der Waals surface area contributed by atoms with E-state index in [2.05, 4.69) is 0 Å². The fraction of sp³-hybridized carbons (Fsp3) is 0.500. The van der Waals surface area contributed by atoms with E-state index in [-0.39, 0.29) is 11.8 Å². The highest BCUT2D eigenvalue weighted by molar-refractivity contribution is 5.57.